The number of hydrogen-bond donors (Lipinski definition) is 1. The van der Waals surface area contributed by atoms with Crippen LogP contribution in [0.25, 0.3) is 0 Å². The van der Waals surface area contributed by atoms with Crippen LogP contribution in [0.5, 0.6) is 5.75 Å². The van der Waals surface area contributed by atoms with Gasteiger partial charge in [-0.05, 0) is 18.6 Å². The predicted octanol–water partition coefficient (Wildman–Crippen LogP) is 2.28. The number of phenols is 1. The highest BCUT2D eigenvalue weighted by Gasteiger charge is 2.12. The third kappa shape index (κ3) is 3.59. The first kappa shape index (κ1) is 11.5. The highest BCUT2D eigenvalue weighted by atomic mass is 17.2. The number of phenolic OH excluding ortho intramolecular Hbond substituents is 1. The molecule has 0 aliphatic rings. The van der Waals surface area contributed by atoms with Crippen LogP contribution < -0.4 is 0 Å². The van der Waals surface area contributed by atoms with E-state index in [1.165, 1.54) is 12.1 Å². The summed E-state index contributed by atoms with van der Waals surface area (Å²) in [4.78, 5) is 20.5. The van der Waals surface area contributed by atoms with Gasteiger partial charge in [0.2, 0.25) is 0 Å². The van der Waals surface area contributed by atoms with Gasteiger partial charge in [0, 0.05) is 0 Å². The van der Waals surface area contributed by atoms with Crippen LogP contribution in [-0.2, 0) is 9.78 Å². The van der Waals surface area contributed by atoms with E-state index < -0.39 is 5.97 Å². The molecule has 1 N–H and O–H groups in total. The van der Waals surface area contributed by atoms with Crippen LogP contribution in [0.1, 0.15) is 30.1 Å². The Bertz CT molecular complexity index is 322. The third-order valence-electron chi connectivity index (χ3n) is 1.84. The Hall–Kier alpha value is -1.55. The fourth-order valence-electron chi connectivity index (χ4n) is 0.990. The number of benzene rings is 1. The molecule has 0 amide bonds. The molecule has 1 aromatic rings. The minimum absolute atomic E-state index is 0.106. The lowest BCUT2D eigenvalue weighted by Gasteiger charge is -2.03. The standard InChI is InChI=1S/C11H14O4/c1-2-3-8-14-15-11(13)9-6-4-5-7-10(9)12/h4-7,12H,2-3,8H2,1H3. The van der Waals surface area contributed by atoms with Crippen molar-refractivity contribution in [2.75, 3.05) is 6.61 Å². The van der Waals surface area contributed by atoms with Crippen molar-refractivity contribution in [3.63, 3.8) is 0 Å². The molecule has 0 bridgehead atoms. The largest absolute Gasteiger partial charge is 0.507 e. The van der Waals surface area contributed by atoms with Crippen LogP contribution in [-0.4, -0.2) is 17.7 Å². The molecule has 1 rings (SSSR count). The lowest BCUT2D eigenvalue weighted by molar-refractivity contribution is -0.241. The zero-order chi connectivity index (χ0) is 11.1. The molecule has 0 atom stereocenters. The van der Waals surface area contributed by atoms with Crippen molar-refractivity contribution in [2.24, 2.45) is 0 Å². The van der Waals surface area contributed by atoms with E-state index in [-0.39, 0.29) is 11.3 Å². The van der Waals surface area contributed by atoms with Crippen LogP contribution in [0.15, 0.2) is 24.3 Å². The second-order valence-electron chi connectivity index (χ2n) is 3.06. The maximum Gasteiger partial charge on any atom is 0.376 e. The highest BCUT2D eigenvalue weighted by Crippen LogP contribution is 2.16. The molecular weight excluding hydrogens is 196 g/mol. The fourth-order valence-corrected chi connectivity index (χ4v) is 0.990. The van der Waals surface area contributed by atoms with Crippen LogP contribution in [0.4, 0.5) is 0 Å². The number of unbranched alkanes of at least 4 members (excludes halogenated alkanes) is 1. The van der Waals surface area contributed by atoms with Crippen LogP contribution in [0.2, 0.25) is 0 Å². The summed E-state index contributed by atoms with van der Waals surface area (Å²) >= 11 is 0. The van der Waals surface area contributed by atoms with Gasteiger partial charge in [-0.3, -0.25) is 4.89 Å². The molecule has 0 heterocycles. The Kier molecular flexibility index (Phi) is 4.63. The van der Waals surface area contributed by atoms with Crippen LogP contribution >= 0.6 is 0 Å². The van der Waals surface area contributed by atoms with E-state index in [2.05, 4.69) is 9.78 Å². The van der Waals surface area contributed by atoms with Gasteiger partial charge in [0.15, 0.2) is 0 Å². The first-order valence-electron chi connectivity index (χ1n) is 4.87. The van der Waals surface area contributed by atoms with Gasteiger partial charge in [-0.25, -0.2) is 4.79 Å². The summed E-state index contributed by atoms with van der Waals surface area (Å²) in [6.07, 6.45) is 1.79. The van der Waals surface area contributed by atoms with Gasteiger partial charge in [-0.15, -0.1) is 0 Å². The second-order valence-corrected chi connectivity index (χ2v) is 3.06. The summed E-state index contributed by atoms with van der Waals surface area (Å²) in [6, 6.07) is 6.16. The van der Waals surface area contributed by atoms with Crippen LogP contribution in [0.3, 0.4) is 0 Å². The SMILES string of the molecule is CCCCOOC(=O)c1ccccc1O. The predicted molar refractivity (Wildman–Crippen MR) is 54.4 cm³/mol. The molecule has 0 aliphatic heterocycles. The summed E-state index contributed by atoms with van der Waals surface area (Å²) in [7, 11) is 0. The lowest BCUT2D eigenvalue weighted by atomic mass is 10.2. The summed E-state index contributed by atoms with van der Waals surface area (Å²) < 4.78 is 0. The third-order valence-corrected chi connectivity index (χ3v) is 1.84. The molecule has 82 valence electrons. The smallest absolute Gasteiger partial charge is 0.376 e. The summed E-state index contributed by atoms with van der Waals surface area (Å²) in [5.74, 6) is -0.786. The maximum atomic E-state index is 11.3. The van der Waals surface area contributed by atoms with Gasteiger partial charge < -0.3 is 5.11 Å². The van der Waals surface area contributed by atoms with Gasteiger partial charge >= 0.3 is 5.97 Å². The Labute approximate surface area is 88.4 Å². The number of carbonyl (C=O) groups excluding carboxylic acids is 1. The second kappa shape index (κ2) is 6.03. The number of carbonyl (C=O) groups is 1. The molecule has 0 aromatic heterocycles. The Morgan fingerprint density at radius 2 is 2.13 bits per heavy atom. The Balaban J connectivity index is 2.44. The molecule has 0 radical (unpaired) electrons. The molecule has 4 heteroatoms. The average Bonchev–Trinajstić information content (AvgIpc) is 2.25. The fraction of sp³-hybridized carbons (Fsp3) is 0.364. The molecule has 1 aromatic carbocycles. The number of hydrogen-bond acceptors (Lipinski definition) is 4. The van der Waals surface area contributed by atoms with E-state index in [1.807, 2.05) is 6.92 Å². The average molecular weight is 210 g/mol. The van der Waals surface area contributed by atoms with Crippen molar-refractivity contribution in [2.45, 2.75) is 19.8 Å². The maximum absolute atomic E-state index is 11.3. The van der Waals surface area contributed by atoms with E-state index in [4.69, 9.17) is 0 Å². The molecule has 15 heavy (non-hydrogen) atoms. The zero-order valence-corrected chi connectivity index (χ0v) is 8.60. The van der Waals surface area contributed by atoms with E-state index in [0.29, 0.717) is 6.61 Å². The van der Waals surface area contributed by atoms with E-state index in [1.54, 1.807) is 12.1 Å². The van der Waals surface area contributed by atoms with E-state index in [0.717, 1.165) is 12.8 Å². The zero-order valence-electron chi connectivity index (χ0n) is 8.60. The van der Waals surface area contributed by atoms with Crippen molar-refractivity contribution in [1.82, 2.24) is 0 Å². The molecule has 0 unspecified atom stereocenters. The molecule has 4 nitrogen and oxygen atoms in total. The normalized spacial score (nSPS) is 9.93. The van der Waals surface area contributed by atoms with Crippen molar-refractivity contribution in [3.05, 3.63) is 29.8 Å². The van der Waals surface area contributed by atoms with Gasteiger partial charge in [0.1, 0.15) is 11.3 Å². The van der Waals surface area contributed by atoms with Crippen molar-refractivity contribution < 1.29 is 19.7 Å². The van der Waals surface area contributed by atoms with E-state index in [9.17, 15) is 9.90 Å². The summed E-state index contributed by atoms with van der Waals surface area (Å²) in [5.41, 5.74) is 0.106. The summed E-state index contributed by atoms with van der Waals surface area (Å²) in [6.45, 7) is 2.38. The van der Waals surface area contributed by atoms with Crippen molar-refractivity contribution in [3.8, 4) is 5.75 Å². The topological polar surface area (TPSA) is 55.8 Å². The monoisotopic (exact) mass is 210 g/mol. The summed E-state index contributed by atoms with van der Waals surface area (Å²) in [5, 5.41) is 9.33. The van der Waals surface area contributed by atoms with Crippen LogP contribution in [0, 0.1) is 0 Å². The molecule has 0 spiro atoms. The Morgan fingerprint density at radius 1 is 1.40 bits per heavy atom. The molecule has 0 fully saturated rings. The first-order valence-corrected chi connectivity index (χ1v) is 4.87. The molecule has 0 saturated carbocycles. The van der Waals surface area contributed by atoms with Gasteiger partial charge in [-0.1, -0.05) is 25.5 Å². The number of para-hydroxylation sites is 1. The minimum Gasteiger partial charge on any atom is -0.507 e. The first-order chi connectivity index (χ1) is 7.25. The number of rotatable bonds is 5. The van der Waals surface area contributed by atoms with Gasteiger partial charge in [0.25, 0.3) is 0 Å². The molecule has 0 aliphatic carbocycles. The lowest BCUT2D eigenvalue weighted by Crippen LogP contribution is -2.07. The molecular formula is C11H14O4. The quantitative estimate of drug-likeness (QED) is 0.460. The van der Waals surface area contributed by atoms with Crippen molar-refractivity contribution in [1.29, 1.82) is 0 Å². The van der Waals surface area contributed by atoms with Crippen molar-refractivity contribution >= 4 is 5.97 Å². The van der Waals surface area contributed by atoms with Gasteiger partial charge in [0.05, 0.1) is 6.61 Å². The number of aromatic hydroxyl groups is 1. The molecule has 0 saturated heterocycles. The van der Waals surface area contributed by atoms with E-state index >= 15 is 0 Å². The Morgan fingerprint density at radius 3 is 2.80 bits per heavy atom. The highest BCUT2D eigenvalue weighted by molar-refractivity contribution is 5.91. The minimum atomic E-state index is -0.677. The van der Waals surface area contributed by atoms with Gasteiger partial charge in [-0.2, -0.15) is 4.89 Å².